The zero-order valence-electron chi connectivity index (χ0n) is 15.9. The van der Waals surface area contributed by atoms with Crippen LogP contribution in [0.1, 0.15) is 46.6 Å². The number of nitrogens with zero attached hydrogens (tertiary/aromatic N) is 2. The molecule has 4 nitrogen and oxygen atoms in total. The molecule has 2 atom stereocenters. The van der Waals surface area contributed by atoms with Gasteiger partial charge in [-0.15, -0.1) is 11.3 Å². The van der Waals surface area contributed by atoms with Crippen LogP contribution in [-0.2, 0) is 4.74 Å². The zero-order valence-corrected chi connectivity index (χ0v) is 16.8. The van der Waals surface area contributed by atoms with Crippen molar-refractivity contribution in [1.82, 2.24) is 4.90 Å². The highest BCUT2D eigenvalue weighted by Gasteiger charge is 2.29. The molecule has 1 unspecified atom stereocenters. The summed E-state index contributed by atoms with van der Waals surface area (Å²) in [6.07, 6.45) is 1.86. The number of likely N-dealkylation sites (tertiary alicyclic amines) is 1. The normalized spacial score (nSPS) is 19.0. The standard InChI is InChI=1S/C21H25FN2O2S/c1-14(16-6-8-18(22)9-7-16)23-20(26-3)17-5-4-11-24(13-17)21(25)19-10-12-27-15(19)2/h6-10,12,14,17H,4-5,11,13H2,1-3H3/t14?,17-/m0/s1. The second-order valence-electron chi connectivity index (χ2n) is 6.88. The van der Waals surface area contributed by atoms with Crippen LogP contribution >= 0.6 is 11.3 Å². The summed E-state index contributed by atoms with van der Waals surface area (Å²) in [7, 11) is 1.63. The smallest absolute Gasteiger partial charge is 0.254 e. The largest absolute Gasteiger partial charge is 0.484 e. The van der Waals surface area contributed by atoms with E-state index < -0.39 is 0 Å². The van der Waals surface area contributed by atoms with Crippen molar-refractivity contribution in [3.05, 3.63) is 57.5 Å². The Balaban J connectivity index is 1.73. The van der Waals surface area contributed by atoms with Gasteiger partial charge in [0.15, 0.2) is 5.90 Å². The first-order chi connectivity index (χ1) is 13.0. The van der Waals surface area contributed by atoms with E-state index in [1.807, 2.05) is 30.2 Å². The molecule has 1 fully saturated rings. The number of hydrogen-bond donors (Lipinski definition) is 0. The Labute approximate surface area is 163 Å². The maximum absolute atomic E-state index is 13.1. The van der Waals surface area contributed by atoms with Crippen LogP contribution in [0, 0.1) is 18.7 Å². The average molecular weight is 389 g/mol. The first-order valence-electron chi connectivity index (χ1n) is 9.20. The summed E-state index contributed by atoms with van der Waals surface area (Å²) < 4.78 is 18.7. The van der Waals surface area contributed by atoms with Crippen LogP contribution in [0.3, 0.4) is 0 Å². The van der Waals surface area contributed by atoms with Crippen molar-refractivity contribution in [3.63, 3.8) is 0 Å². The third kappa shape index (κ3) is 4.56. The lowest BCUT2D eigenvalue weighted by molar-refractivity contribution is 0.0694. The molecule has 1 aromatic heterocycles. The van der Waals surface area contributed by atoms with Crippen molar-refractivity contribution >= 4 is 23.1 Å². The predicted octanol–water partition coefficient (Wildman–Crippen LogP) is 4.85. The van der Waals surface area contributed by atoms with Crippen molar-refractivity contribution in [2.24, 2.45) is 10.9 Å². The van der Waals surface area contributed by atoms with Crippen molar-refractivity contribution < 1.29 is 13.9 Å². The molecular formula is C21H25FN2O2S. The lowest BCUT2D eigenvalue weighted by Gasteiger charge is -2.33. The van der Waals surface area contributed by atoms with Crippen LogP contribution in [0.2, 0.25) is 0 Å². The summed E-state index contributed by atoms with van der Waals surface area (Å²) in [5.41, 5.74) is 1.72. The second kappa shape index (κ2) is 8.65. The van der Waals surface area contributed by atoms with Gasteiger partial charge in [0.25, 0.3) is 5.91 Å². The fourth-order valence-electron chi connectivity index (χ4n) is 3.47. The van der Waals surface area contributed by atoms with Crippen LogP contribution in [-0.4, -0.2) is 36.9 Å². The Kier molecular flexibility index (Phi) is 6.26. The summed E-state index contributed by atoms with van der Waals surface area (Å²) in [6, 6.07) is 8.13. The van der Waals surface area contributed by atoms with Gasteiger partial charge in [-0.3, -0.25) is 4.79 Å². The summed E-state index contributed by atoms with van der Waals surface area (Å²) in [5, 5.41) is 1.95. The molecule has 2 heterocycles. The van der Waals surface area contributed by atoms with Gasteiger partial charge in [-0.1, -0.05) is 12.1 Å². The van der Waals surface area contributed by atoms with Crippen molar-refractivity contribution in [1.29, 1.82) is 0 Å². The Hall–Kier alpha value is -2.21. The summed E-state index contributed by atoms with van der Waals surface area (Å²) in [4.78, 5) is 20.5. The van der Waals surface area contributed by atoms with Crippen molar-refractivity contribution in [2.75, 3.05) is 20.2 Å². The average Bonchev–Trinajstić information content (AvgIpc) is 3.11. The number of piperidine rings is 1. The maximum atomic E-state index is 13.1. The van der Waals surface area contributed by atoms with E-state index in [9.17, 15) is 9.18 Å². The lowest BCUT2D eigenvalue weighted by Crippen LogP contribution is -2.42. The molecule has 144 valence electrons. The molecule has 6 heteroatoms. The predicted molar refractivity (Wildman–Crippen MR) is 107 cm³/mol. The minimum absolute atomic E-state index is 0.0783. The number of carbonyl (C=O) groups is 1. The third-order valence-electron chi connectivity index (χ3n) is 5.03. The molecule has 3 rings (SSSR count). The SMILES string of the molecule is COC(=NC(C)c1ccc(F)cc1)[C@H]1CCCN(C(=O)c2ccsc2C)C1. The van der Waals surface area contributed by atoms with Gasteiger partial charge in [0.1, 0.15) is 5.82 Å². The molecule has 0 aliphatic carbocycles. The van der Waals surface area contributed by atoms with E-state index in [-0.39, 0.29) is 23.7 Å². The van der Waals surface area contributed by atoms with E-state index in [1.54, 1.807) is 30.6 Å². The number of halogens is 1. The highest BCUT2D eigenvalue weighted by Crippen LogP contribution is 2.25. The Morgan fingerprint density at radius 2 is 2.07 bits per heavy atom. The molecule has 1 saturated heterocycles. The van der Waals surface area contributed by atoms with Crippen molar-refractivity contribution in [2.45, 2.75) is 32.7 Å². The Morgan fingerprint density at radius 3 is 2.70 bits per heavy atom. The van der Waals surface area contributed by atoms with Gasteiger partial charge in [-0.05, 0) is 55.8 Å². The number of amides is 1. The lowest BCUT2D eigenvalue weighted by atomic mass is 9.96. The number of carbonyl (C=O) groups excluding carboxylic acids is 1. The molecule has 0 bridgehead atoms. The number of thiophene rings is 1. The van der Waals surface area contributed by atoms with Crippen molar-refractivity contribution in [3.8, 4) is 0 Å². The van der Waals surface area contributed by atoms with Crippen LogP contribution in [0.25, 0.3) is 0 Å². The van der Waals surface area contributed by atoms with Gasteiger partial charge in [0, 0.05) is 18.0 Å². The second-order valence-corrected chi connectivity index (χ2v) is 8.00. The van der Waals surface area contributed by atoms with Gasteiger partial charge in [-0.2, -0.15) is 0 Å². The molecule has 27 heavy (non-hydrogen) atoms. The van der Waals surface area contributed by atoms with Crippen LogP contribution in [0.15, 0.2) is 40.7 Å². The molecule has 0 N–H and O–H groups in total. The van der Waals surface area contributed by atoms with Crippen LogP contribution in [0.5, 0.6) is 0 Å². The molecule has 0 radical (unpaired) electrons. The minimum Gasteiger partial charge on any atom is -0.484 e. The van der Waals surface area contributed by atoms with E-state index in [0.29, 0.717) is 12.4 Å². The quantitative estimate of drug-likeness (QED) is 0.555. The highest BCUT2D eigenvalue weighted by molar-refractivity contribution is 7.10. The summed E-state index contributed by atoms with van der Waals surface area (Å²) in [6.45, 7) is 5.31. The number of ether oxygens (including phenoxy) is 1. The topological polar surface area (TPSA) is 41.9 Å². The van der Waals surface area contributed by atoms with Gasteiger partial charge < -0.3 is 9.64 Å². The van der Waals surface area contributed by atoms with E-state index in [2.05, 4.69) is 0 Å². The van der Waals surface area contributed by atoms with Gasteiger partial charge in [-0.25, -0.2) is 9.38 Å². The van der Waals surface area contributed by atoms with Gasteiger partial charge in [0.2, 0.25) is 0 Å². The first-order valence-corrected chi connectivity index (χ1v) is 10.1. The molecule has 1 amide bonds. The van der Waals surface area contributed by atoms with E-state index >= 15 is 0 Å². The number of hydrogen-bond acceptors (Lipinski definition) is 4. The summed E-state index contributed by atoms with van der Waals surface area (Å²) >= 11 is 1.59. The van der Waals surface area contributed by atoms with Gasteiger partial charge in [0.05, 0.1) is 24.6 Å². The number of aliphatic imine (C=N–C) groups is 1. The third-order valence-corrected chi connectivity index (χ3v) is 5.88. The molecular weight excluding hydrogens is 363 g/mol. The maximum Gasteiger partial charge on any atom is 0.254 e. The molecule has 1 aromatic carbocycles. The molecule has 1 aliphatic heterocycles. The van der Waals surface area contributed by atoms with E-state index in [1.165, 1.54) is 12.1 Å². The zero-order chi connectivity index (χ0) is 19.4. The number of aryl methyl sites for hydroxylation is 1. The Morgan fingerprint density at radius 1 is 1.33 bits per heavy atom. The number of rotatable bonds is 4. The van der Waals surface area contributed by atoms with Crippen LogP contribution < -0.4 is 0 Å². The van der Waals surface area contributed by atoms with E-state index in [4.69, 9.17) is 9.73 Å². The fourth-order valence-corrected chi connectivity index (χ4v) is 4.16. The molecule has 2 aromatic rings. The summed E-state index contributed by atoms with van der Waals surface area (Å²) in [5.74, 6) is 0.563. The molecule has 0 saturated carbocycles. The number of methoxy groups -OCH3 is 1. The molecule has 0 spiro atoms. The van der Waals surface area contributed by atoms with Crippen LogP contribution in [0.4, 0.5) is 4.39 Å². The monoisotopic (exact) mass is 388 g/mol. The fraction of sp³-hybridized carbons (Fsp3) is 0.429. The minimum atomic E-state index is -0.257. The van der Waals surface area contributed by atoms with Gasteiger partial charge >= 0.3 is 0 Å². The highest BCUT2D eigenvalue weighted by atomic mass is 32.1. The first kappa shape index (κ1) is 19.5. The Bertz CT molecular complexity index is 816. The molecule has 1 aliphatic rings. The number of benzene rings is 1. The van der Waals surface area contributed by atoms with E-state index in [0.717, 1.165) is 35.4 Å².